The third kappa shape index (κ3) is 1.89. The van der Waals surface area contributed by atoms with E-state index in [9.17, 15) is 0 Å². The number of nitrogens with one attached hydrogen (secondary N) is 1. The molecule has 0 bridgehead atoms. The maximum absolute atomic E-state index is 4.78. The van der Waals surface area contributed by atoms with Crippen LogP contribution < -0.4 is 10.2 Å². The molecule has 2 aromatic heterocycles. The van der Waals surface area contributed by atoms with Crippen LogP contribution in [0.15, 0.2) is 30.5 Å². The molecule has 3 aromatic rings. The third-order valence-corrected chi connectivity index (χ3v) is 4.68. The van der Waals surface area contributed by atoms with Gasteiger partial charge in [0.1, 0.15) is 5.82 Å². The van der Waals surface area contributed by atoms with Crippen LogP contribution in [0.4, 0.5) is 17.5 Å². The van der Waals surface area contributed by atoms with Gasteiger partial charge in [0.05, 0.1) is 16.9 Å². The first-order chi connectivity index (χ1) is 11.8. The van der Waals surface area contributed by atoms with Crippen molar-refractivity contribution in [1.29, 1.82) is 0 Å². The molecule has 1 fully saturated rings. The van der Waals surface area contributed by atoms with Gasteiger partial charge in [-0.05, 0) is 42.3 Å². The van der Waals surface area contributed by atoms with Gasteiger partial charge in [-0.2, -0.15) is 9.67 Å². The fourth-order valence-electron chi connectivity index (χ4n) is 3.41. The Hall–Kier alpha value is -3.03. The Labute approximate surface area is 138 Å². The molecule has 0 spiro atoms. The molecule has 8 nitrogen and oxygen atoms in total. The summed E-state index contributed by atoms with van der Waals surface area (Å²) in [5.74, 6) is 2.13. The summed E-state index contributed by atoms with van der Waals surface area (Å²) in [6.45, 7) is 3.21. The molecule has 1 unspecified atom stereocenters. The Kier molecular flexibility index (Phi) is 2.79. The van der Waals surface area contributed by atoms with E-state index in [2.05, 4.69) is 37.6 Å². The molecule has 1 N–H and O–H groups in total. The van der Waals surface area contributed by atoms with Gasteiger partial charge in [-0.25, -0.2) is 4.98 Å². The molecule has 1 aromatic carbocycles. The van der Waals surface area contributed by atoms with Crippen LogP contribution in [0.2, 0.25) is 0 Å². The van der Waals surface area contributed by atoms with Gasteiger partial charge in [-0.15, -0.1) is 5.10 Å². The highest BCUT2D eigenvalue weighted by Crippen LogP contribution is 2.36. The number of nitrogens with zero attached hydrogens (tertiary/aromatic N) is 7. The van der Waals surface area contributed by atoms with Gasteiger partial charge >= 0.3 is 0 Å². The van der Waals surface area contributed by atoms with E-state index in [0.717, 1.165) is 35.2 Å². The summed E-state index contributed by atoms with van der Waals surface area (Å²) in [6, 6.07) is 8.38. The van der Waals surface area contributed by atoms with Gasteiger partial charge in [-0.3, -0.25) is 0 Å². The van der Waals surface area contributed by atoms with E-state index in [4.69, 9.17) is 4.98 Å². The molecule has 4 heterocycles. The monoisotopic (exact) mass is 320 g/mol. The highest BCUT2D eigenvalue weighted by Gasteiger charge is 2.27. The molecule has 1 saturated heterocycles. The zero-order valence-corrected chi connectivity index (χ0v) is 13.2. The van der Waals surface area contributed by atoms with Gasteiger partial charge in [0.2, 0.25) is 5.95 Å². The molecule has 2 aliphatic heterocycles. The molecular formula is C16H16N8. The smallest absolute Gasteiger partial charge is 0.227 e. The highest BCUT2D eigenvalue weighted by molar-refractivity contribution is 5.81. The molecule has 5 rings (SSSR count). The van der Waals surface area contributed by atoms with Crippen LogP contribution in [0.25, 0.3) is 17.1 Å². The van der Waals surface area contributed by atoms with Gasteiger partial charge in [0.15, 0.2) is 5.82 Å². The van der Waals surface area contributed by atoms with Gasteiger partial charge in [-0.1, -0.05) is 12.1 Å². The molecule has 0 radical (unpaired) electrons. The first-order valence-electron chi connectivity index (χ1n) is 8.10. The standard InChI is InChI=1S/C16H16N8/c1-10-5-4-8-23(10)16-17-9-11-14(19-16)18-12-6-2-3-7-13(12)24-15(11)20-21-22-24/h2-3,6-7,9-10H,4-5,8H2,1H3,(H,17,18,19). The first kappa shape index (κ1) is 13.4. The van der Waals surface area contributed by atoms with Crippen molar-refractivity contribution in [2.75, 3.05) is 16.8 Å². The molecule has 8 heteroatoms. The predicted molar refractivity (Wildman–Crippen MR) is 89.5 cm³/mol. The van der Waals surface area contributed by atoms with Crippen LogP contribution in [-0.4, -0.2) is 42.8 Å². The lowest BCUT2D eigenvalue weighted by molar-refractivity contribution is 0.717. The Morgan fingerprint density at radius 3 is 3.04 bits per heavy atom. The summed E-state index contributed by atoms with van der Waals surface area (Å²) in [5, 5.41) is 15.5. The minimum absolute atomic E-state index is 0.464. The lowest BCUT2D eigenvalue weighted by atomic mass is 10.2. The second-order valence-electron chi connectivity index (χ2n) is 6.17. The number of hydrogen-bond donors (Lipinski definition) is 1. The van der Waals surface area contributed by atoms with E-state index in [1.165, 1.54) is 12.8 Å². The SMILES string of the molecule is CC1CCCN1c1ncc2c(n1)Nc1ccccc1-n1nnnc1-2. The van der Waals surface area contributed by atoms with Crippen molar-refractivity contribution in [3.63, 3.8) is 0 Å². The average Bonchev–Trinajstić information content (AvgIpc) is 3.22. The number of tetrazole rings is 1. The van der Waals surface area contributed by atoms with Crippen molar-refractivity contribution in [2.45, 2.75) is 25.8 Å². The molecule has 2 aliphatic rings. The summed E-state index contributed by atoms with van der Waals surface area (Å²) >= 11 is 0. The minimum Gasteiger partial charge on any atom is -0.338 e. The Morgan fingerprint density at radius 1 is 1.25 bits per heavy atom. The summed E-state index contributed by atoms with van der Waals surface area (Å²) in [5.41, 5.74) is 2.61. The maximum Gasteiger partial charge on any atom is 0.227 e. The van der Waals surface area contributed by atoms with E-state index in [-0.39, 0.29) is 0 Å². The van der Waals surface area contributed by atoms with Crippen LogP contribution in [0.5, 0.6) is 0 Å². The number of rotatable bonds is 1. The number of para-hydroxylation sites is 2. The quantitative estimate of drug-likeness (QED) is 0.575. The van der Waals surface area contributed by atoms with Crippen molar-refractivity contribution in [3.05, 3.63) is 30.5 Å². The molecule has 120 valence electrons. The molecule has 0 saturated carbocycles. The zero-order chi connectivity index (χ0) is 16.1. The van der Waals surface area contributed by atoms with Crippen LogP contribution >= 0.6 is 0 Å². The molecule has 0 amide bonds. The molecular weight excluding hydrogens is 304 g/mol. The van der Waals surface area contributed by atoms with Gasteiger partial charge < -0.3 is 10.2 Å². The fraction of sp³-hybridized carbons (Fsp3) is 0.312. The van der Waals surface area contributed by atoms with Crippen molar-refractivity contribution in [2.24, 2.45) is 0 Å². The normalized spacial score (nSPS) is 18.4. The minimum atomic E-state index is 0.464. The summed E-state index contributed by atoms with van der Waals surface area (Å²) in [6.07, 6.45) is 4.16. The van der Waals surface area contributed by atoms with E-state index in [1.54, 1.807) is 4.68 Å². The Bertz CT molecular complexity index is 918. The van der Waals surface area contributed by atoms with E-state index < -0.39 is 0 Å². The molecule has 24 heavy (non-hydrogen) atoms. The second kappa shape index (κ2) is 4.98. The average molecular weight is 320 g/mol. The lowest BCUT2D eigenvalue weighted by Gasteiger charge is -2.22. The summed E-state index contributed by atoms with van der Waals surface area (Å²) in [7, 11) is 0. The zero-order valence-electron chi connectivity index (χ0n) is 13.2. The van der Waals surface area contributed by atoms with Crippen LogP contribution in [0.3, 0.4) is 0 Å². The Balaban J connectivity index is 1.69. The van der Waals surface area contributed by atoms with Crippen molar-refractivity contribution in [3.8, 4) is 17.1 Å². The predicted octanol–water partition coefficient (Wildman–Crippen LogP) is 2.17. The largest absolute Gasteiger partial charge is 0.338 e. The van der Waals surface area contributed by atoms with E-state index in [0.29, 0.717) is 11.9 Å². The van der Waals surface area contributed by atoms with Gasteiger partial charge in [0.25, 0.3) is 0 Å². The molecule has 1 atom stereocenters. The van der Waals surface area contributed by atoms with Crippen molar-refractivity contribution >= 4 is 17.5 Å². The highest BCUT2D eigenvalue weighted by atomic mass is 15.5. The Morgan fingerprint density at radius 2 is 2.17 bits per heavy atom. The van der Waals surface area contributed by atoms with E-state index in [1.807, 2.05) is 30.5 Å². The molecule has 0 aliphatic carbocycles. The van der Waals surface area contributed by atoms with Crippen molar-refractivity contribution < 1.29 is 0 Å². The third-order valence-electron chi connectivity index (χ3n) is 4.68. The maximum atomic E-state index is 4.78. The number of benzene rings is 1. The number of anilines is 3. The van der Waals surface area contributed by atoms with E-state index >= 15 is 0 Å². The summed E-state index contributed by atoms with van der Waals surface area (Å²) < 4.78 is 1.72. The number of fused-ring (bicyclic) bond motifs is 5. The van der Waals surface area contributed by atoms with Crippen molar-refractivity contribution in [1.82, 2.24) is 30.2 Å². The first-order valence-corrected chi connectivity index (χ1v) is 8.10. The number of hydrogen-bond acceptors (Lipinski definition) is 7. The fourth-order valence-corrected chi connectivity index (χ4v) is 3.41. The number of aromatic nitrogens is 6. The van der Waals surface area contributed by atoms with Crippen LogP contribution in [0.1, 0.15) is 19.8 Å². The van der Waals surface area contributed by atoms with Crippen LogP contribution in [0, 0.1) is 0 Å². The topological polar surface area (TPSA) is 84.7 Å². The second-order valence-corrected chi connectivity index (χ2v) is 6.17. The lowest BCUT2D eigenvalue weighted by Crippen LogP contribution is -2.28. The van der Waals surface area contributed by atoms with Crippen LogP contribution in [-0.2, 0) is 0 Å². The summed E-state index contributed by atoms with van der Waals surface area (Å²) in [4.78, 5) is 11.6. The van der Waals surface area contributed by atoms with Gasteiger partial charge in [0, 0.05) is 18.8 Å².